The van der Waals surface area contributed by atoms with Crippen LogP contribution in [0.1, 0.15) is 33.8 Å². The summed E-state index contributed by atoms with van der Waals surface area (Å²) in [6.07, 6.45) is 0. The molecule has 1 unspecified atom stereocenters. The van der Waals surface area contributed by atoms with Crippen LogP contribution in [0.4, 0.5) is 0 Å². The average Bonchev–Trinajstić information content (AvgIpc) is 2.94. The zero-order valence-corrected chi connectivity index (χ0v) is 12.4. The van der Waals surface area contributed by atoms with Gasteiger partial charge in [-0.2, -0.15) is 0 Å². The van der Waals surface area contributed by atoms with Crippen molar-refractivity contribution >= 4 is 17.2 Å². The molecular formula is C15H18N2O2S. The number of carbonyl (C=O) groups excluding carboxylic acids is 1. The number of thiophene rings is 1. The normalized spacial score (nSPS) is 12.1. The highest BCUT2D eigenvalue weighted by atomic mass is 32.1. The van der Waals surface area contributed by atoms with Crippen LogP contribution in [0.3, 0.4) is 0 Å². The van der Waals surface area contributed by atoms with Gasteiger partial charge in [0.2, 0.25) is 5.91 Å². The summed E-state index contributed by atoms with van der Waals surface area (Å²) in [7, 11) is 1.66. The van der Waals surface area contributed by atoms with Crippen LogP contribution in [0.15, 0.2) is 35.7 Å². The number of rotatable bonds is 6. The third kappa shape index (κ3) is 3.59. The van der Waals surface area contributed by atoms with Crippen LogP contribution in [0.5, 0.6) is 5.75 Å². The van der Waals surface area contributed by atoms with Crippen molar-refractivity contribution in [2.45, 2.75) is 19.5 Å². The first-order valence-electron chi connectivity index (χ1n) is 6.34. The van der Waals surface area contributed by atoms with Crippen LogP contribution in [-0.4, -0.2) is 13.0 Å². The smallest absolute Gasteiger partial charge is 0.249 e. The molecule has 0 radical (unpaired) electrons. The molecule has 4 nitrogen and oxygen atoms in total. The van der Waals surface area contributed by atoms with E-state index >= 15 is 0 Å². The largest absolute Gasteiger partial charge is 0.497 e. The van der Waals surface area contributed by atoms with E-state index < -0.39 is 0 Å². The Morgan fingerprint density at radius 3 is 2.90 bits per heavy atom. The molecule has 5 heteroatoms. The van der Waals surface area contributed by atoms with Crippen LogP contribution >= 0.6 is 11.3 Å². The third-order valence-corrected chi connectivity index (χ3v) is 4.05. The molecule has 1 heterocycles. The van der Waals surface area contributed by atoms with E-state index in [9.17, 15) is 4.79 Å². The molecule has 0 saturated carbocycles. The fourth-order valence-electron chi connectivity index (χ4n) is 1.88. The summed E-state index contributed by atoms with van der Waals surface area (Å²) in [4.78, 5) is 12.1. The van der Waals surface area contributed by atoms with Gasteiger partial charge in [0.25, 0.3) is 0 Å². The fraction of sp³-hybridized carbons (Fsp3) is 0.267. The maximum absolute atomic E-state index is 11.0. The Morgan fingerprint density at radius 1 is 1.45 bits per heavy atom. The number of hydrogen-bond acceptors (Lipinski definition) is 4. The van der Waals surface area contributed by atoms with E-state index in [1.54, 1.807) is 12.5 Å². The number of amides is 1. The molecule has 1 amide bonds. The highest BCUT2D eigenvalue weighted by Crippen LogP contribution is 2.20. The van der Waals surface area contributed by atoms with Gasteiger partial charge in [-0.1, -0.05) is 12.1 Å². The van der Waals surface area contributed by atoms with Gasteiger partial charge >= 0.3 is 0 Å². The maximum atomic E-state index is 11.0. The Labute approximate surface area is 122 Å². The molecule has 0 fully saturated rings. The molecule has 1 atom stereocenters. The van der Waals surface area contributed by atoms with E-state index in [0.717, 1.165) is 16.2 Å². The Morgan fingerprint density at radius 2 is 2.25 bits per heavy atom. The minimum Gasteiger partial charge on any atom is -0.497 e. The summed E-state index contributed by atoms with van der Waals surface area (Å²) in [5, 5.41) is 5.21. The number of hydrogen-bond donors (Lipinski definition) is 2. The number of benzene rings is 1. The Hall–Kier alpha value is -1.85. The van der Waals surface area contributed by atoms with Gasteiger partial charge in [0.05, 0.1) is 12.7 Å². The molecule has 106 valence electrons. The summed E-state index contributed by atoms with van der Waals surface area (Å²) >= 11 is 1.53. The van der Waals surface area contributed by atoms with E-state index in [2.05, 4.69) is 18.3 Å². The van der Waals surface area contributed by atoms with Crippen LogP contribution in [0.25, 0.3) is 0 Å². The highest BCUT2D eigenvalue weighted by Gasteiger charge is 2.08. The van der Waals surface area contributed by atoms with Gasteiger partial charge in [-0.15, -0.1) is 11.3 Å². The van der Waals surface area contributed by atoms with Crippen molar-refractivity contribution in [2.24, 2.45) is 5.73 Å². The third-order valence-electron chi connectivity index (χ3n) is 3.11. The quantitative estimate of drug-likeness (QED) is 0.859. The number of ether oxygens (including phenoxy) is 1. The topological polar surface area (TPSA) is 64.3 Å². The number of methoxy groups -OCH3 is 1. The van der Waals surface area contributed by atoms with E-state index in [1.165, 1.54) is 11.3 Å². The summed E-state index contributed by atoms with van der Waals surface area (Å²) in [6.45, 7) is 2.80. The molecule has 0 aliphatic carbocycles. The summed E-state index contributed by atoms with van der Waals surface area (Å²) < 4.78 is 5.22. The zero-order valence-electron chi connectivity index (χ0n) is 11.6. The Kier molecular flexibility index (Phi) is 4.76. The van der Waals surface area contributed by atoms with E-state index in [0.29, 0.717) is 12.1 Å². The van der Waals surface area contributed by atoms with Gasteiger partial charge in [0.1, 0.15) is 5.75 Å². The molecule has 2 aromatic rings. The predicted octanol–water partition coefficient (Wildman–Crippen LogP) is 2.71. The van der Waals surface area contributed by atoms with Crippen molar-refractivity contribution in [3.05, 3.63) is 51.7 Å². The van der Waals surface area contributed by atoms with Gasteiger partial charge in [0.15, 0.2) is 0 Å². The minimum absolute atomic E-state index is 0.198. The fourth-order valence-corrected chi connectivity index (χ4v) is 2.71. The summed E-state index contributed by atoms with van der Waals surface area (Å²) in [6, 6.07) is 10.0. The molecule has 0 saturated heterocycles. The first-order chi connectivity index (χ1) is 9.60. The number of nitrogens with two attached hydrogens (primary N) is 1. The lowest BCUT2D eigenvalue weighted by Gasteiger charge is -2.14. The lowest BCUT2D eigenvalue weighted by atomic mass is 10.1. The summed E-state index contributed by atoms with van der Waals surface area (Å²) in [5.74, 6) is 0.469. The average molecular weight is 290 g/mol. The van der Waals surface area contributed by atoms with E-state index in [1.807, 2.05) is 24.3 Å². The van der Waals surface area contributed by atoms with Crippen molar-refractivity contribution in [3.8, 4) is 5.75 Å². The van der Waals surface area contributed by atoms with E-state index in [-0.39, 0.29) is 11.9 Å². The second-order valence-electron chi connectivity index (χ2n) is 4.55. The predicted molar refractivity (Wildman–Crippen MR) is 81.1 cm³/mol. The van der Waals surface area contributed by atoms with Gasteiger partial charge in [-0.25, -0.2) is 0 Å². The lowest BCUT2D eigenvalue weighted by Crippen LogP contribution is -2.17. The van der Waals surface area contributed by atoms with Crippen molar-refractivity contribution in [2.75, 3.05) is 7.11 Å². The van der Waals surface area contributed by atoms with Crippen LogP contribution in [0, 0.1) is 0 Å². The van der Waals surface area contributed by atoms with Crippen molar-refractivity contribution < 1.29 is 9.53 Å². The van der Waals surface area contributed by atoms with Crippen molar-refractivity contribution in [1.29, 1.82) is 0 Å². The molecule has 0 bridgehead atoms. The summed E-state index contributed by atoms with van der Waals surface area (Å²) in [5.41, 5.74) is 6.97. The molecule has 0 aliphatic heterocycles. The Balaban J connectivity index is 1.96. The van der Waals surface area contributed by atoms with Gasteiger partial charge < -0.3 is 15.8 Å². The lowest BCUT2D eigenvalue weighted by molar-refractivity contribution is 0.100. The molecule has 3 N–H and O–H groups in total. The molecule has 0 spiro atoms. The first kappa shape index (κ1) is 14.6. The van der Waals surface area contributed by atoms with Gasteiger partial charge in [-0.3, -0.25) is 4.79 Å². The van der Waals surface area contributed by atoms with Crippen LogP contribution in [-0.2, 0) is 6.54 Å². The monoisotopic (exact) mass is 290 g/mol. The standard InChI is InChI=1S/C15H18N2O2S/c1-10(11-4-3-5-13(6-11)19-2)17-8-14-7-12(9-20-14)15(16)18/h3-7,9-10,17H,8H2,1-2H3,(H2,16,18). The van der Waals surface area contributed by atoms with Gasteiger partial charge in [0, 0.05) is 22.8 Å². The number of primary amides is 1. The molecule has 1 aromatic carbocycles. The van der Waals surface area contributed by atoms with E-state index in [4.69, 9.17) is 10.5 Å². The van der Waals surface area contributed by atoms with Crippen molar-refractivity contribution in [1.82, 2.24) is 5.32 Å². The first-order valence-corrected chi connectivity index (χ1v) is 7.22. The van der Waals surface area contributed by atoms with Gasteiger partial charge in [-0.05, 0) is 30.7 Å². The molecule has 2 rings (SSSR count). The molecule has 1 aromatic heterocycles. The second-order valence-corrected chi connectivity index (χ2v) is 5.54. The highest BCUT2D eigenvalue weighted by molar-refractivity contribution is 7.10. The number of carbonyl (C=O) groups is 1. The SMILES string of the molecule is COc1cccc(C(C)NCc2cc(C(N)=O)cs2)c1. The minimum atomic E-state index is -0.381. The molecule has 0 aliphatic rings. The molecular weight excluding hydrogens is 272 g/mol. The second kappa shape index (κ2) is 6.54. The van der Waals surface area contributed by atoms with Crippen LogP contribution in [0.2, 0.25) is 0 Å². The zero-order chi connectivity index (χ0) is 14.5. The van der Waals surface area contributed by atoms with Crippen molar-refractivity contribution in [3.63, 3.8) is 0 Å². The molecule has 20 heavy (non-hydrogen) atoms. The number of nitrogens with one attached hydrogen (secondary N) is 1. The Bertz CT molecular complexity index is 595. The maximum Gasteiger partial charge on any atom is 0.249 e. The van der Waals surface area contributed by atoms with Crippen LogP contribution < -0.4 is 15.8 Å².